The zero-order valence-corrected chi connectivity index (χ0v) is 18.7. The molecule has 1 N–H and O–H groups in total. The van der Waals surface area contributed by atoms with E-state index in [0.29, 0.717) is 28.7 Å². The van der Waals surface area contributed by atoms with Crippen LogP contribution in [0, 0.1) is 11.7 Å². The molecule has 1 aliphatic heterocycles. The third-order valence-electron chi connectivity index (χ3n) is 5.15. The van der Waals surface area contributed by atoms with Crippen LogP contribution in [-0.4, -0.2) is 36.7 Å². The number of halogens is 2. The number of thiazole rings is 1. The number of anilines is 1. The van der Waals surface area contributed by atoms with Crippen LogP contribution in [0.25, 0.3) is 11.3 Å². The van der Waals surface area contributed by atoms with Crippen molar-refractivity contribution in [1.82, 2.24) is 9.29 Å². The SMILES string of the molecule is O=C(Nc1nc(-c2ccc(F)cc2)cs1)C1CCN(S(=O)(=O)c2ccc(Cl)cc2)CC1. The van der Waals surface area contributed by atoms with Crippen LogP contribution in [0.3, 0.4) is 0 Å². The van der Waals surface area contributed by atoms with Crippen molar-refractivity contribution in [1.29, 1.82) is 0 Å². The molecule has 0 unspecified atom stereocenters. The summed E-state index contributed by atoms with van der Waals surface area (Å²) in [6.45, 7) is 0.531. The number of aromatic nitrogens is 1. The minimum absolute atomic E-state index is 0.177. The maximum atomic E-state index is 13.1. The number of hydrogen-bond acceptors (Lipinski definition) is 5. The van der Waals surface area contributed by atoms with E-state index in [-0.39, 0.29) is 35.6 Å². The molecule has 1 amide bonds. The second-order valence-electron chi connectivity index (χ2n) is 7.17. The van der Waals surface area contributed by atoms with Crippen molar-refractivity contribution in [2.24, 2.45) is 5.92 Å². The van der Waals surface area contributed by atoms with Crippen molar-refractivity contribution in [3.63, 3.8) is 0 Å². The van der Waals surface area contributed by atoms with Crippen molar-refractivity contribution in [3.05, 3.63) is 64.8 Å². The number of amides is 1. The summed E-state index contributed by atoms with van der Waals surface area (Å²) in [5, 5.41) is 5.54. The van der Waals surface area contributed by atoms with Crippen LogP contribution in [0.15, 0.2) is 58.8 Å². The molecule has 6 nitrogen and oxygen atoms in total. The van der Waals surface area contributed by atoms with Gasteiger partial charge in [0.05, 0.1) is 10.6 Å². The van der Waals surface area contributed by atoms with Gasteiger partial charge in [0.2, 0.25) is 15.9 Å². The summed E-state index contributed by atoms with van der Waals surface area (Å²) in [4.78, 5) is 17.2. The molecule has 31 heavy (non-hydrogen) atoms. The Balaban J connectivity index is 1.35. The largest absolute Gasteiger partial charge is 0.302 e. The Bertz CT molecular complexity index is 1170. The standard InChI is InChI=1S/C21H19ClFN3O3S2/c22-16-3-7-18(8-4-16)31(28,29)26-11-9-15(10-12-26)20(27)25-21-24-19(13-30-21)14-1-5-17(23)6-2-14/h1-8,13,15H,9-12H2,(H,24,25,27). The van der Waals surface area contributed by atoms with Gasteiger partial charge in [-0.15, -0.1) is 11.3 Å². The normalized spacial score (nSPS) is 15.7. The smallest absolute Gasteiger partial charge is 0.243 e. The average Bonchev–Trinajstić information content (AvgIpc) is 3.23. The fourth-order valence-corrected chi connectivity index (χ4v) is 5.72. The van der Waals surface area contributed by atoms with Crippen molar-refractivity contribution in [2.45, 2.75) is 17.7 Å². The van der Waals surface area contributed by atoms with Gasteiger partial charge in [0, 0.05) is 35.0 Å². The van der Waals surface area contributed by atoms with E-state index < -0.39 is 10.0 Å². The summed E-state index contributed by atoms with van der Waals surface area (Å²) in [6.07, 6.45) is 0.851. The molecule has 1 aromatic heterocycles. The first-order valence-electron chi connectivity index (χ1n) is 9.61. The Morgan fingerprint density at radius 3 is 2.39 bits per heavy atom. The topological polar surface area (TPSA) is 79.4 Å². The Morgan fingerprint density at radius 1 is 1.10 bits per heavy atom. The zero-order chi connectivity index (χ0) is 22.0. The molecule has 2 heterocycles. The maximum absolute atomic E-state index is 13.1. The molecule has 1 fully saturated rings. The molecule has 0 spiro atoms. The lowest BCUT2D eigenvalue weighted by Gasteiger charge is -2.30. The molecular formula is C21H19ClFN3O3S2. The second kappa shape index (κ2) is 9.04. The summed E-state index contributed by atoms with van der Waals surface area (Å²) in [5.41, 5.74) is 1.42. The first kappa shape index (κ1) is 21.9. The van der Waals surface area contributed by atoms with Gasteiger partial charge in [-0.1, -0.05) is 11.6 Å². The highest BCUT2D eigenvalue weighted by Crippen LogP contribution is 2.28. The molecule has 162 valence electrons. The summed E-state index contributed by atoms with van der Waals surface area (Å²) < 4.78 is 40.0. The molecule has 0 aliphatic carbocycles. The third kappa shape index (κ3) is 4.95. The van der Waals surface area contributed by atoms with Crippen LogP contribution in [0.4, 0.5) is 9.52 Å². The Labute approximate surface area is 188 Å². The molecule has 0 bridgehead atoms. The maximum Gasteiger partial charge on any atom is 0.243 e. The van der Waals surface area contributed by atoms with Crippen molar-refractivity contribution >= 4 is 44.0 Å². The minimum atomic E-state index is -3.61. The molecule has 0 atom stereocenters. The number of carbonyl (C=O) groups is 1. The first-order chi connectivity index (χ1) is 14.8. The highest BCUT2D eigenvalue weighted by molar-refractivity contribution is 7.89. The van der Waals surface area contributed by atoms with Crippen molar-refractivity contribution in [2.75, 3.05) is 18.4 Å². The number of sulfonamides is 1. The quantitative estimate of drug-likeness (QED) is 0.578. The lowest BCUT2D eigenvalue weighted by atomic mass is 9.97. The molecule has 10 heteroatoms. The number of carbonyl (C=O) groups excluding carboxylic acids is 1. The van der Waals surface area contributed by atoms with Crippen LogP contribution < -0.4 is 5.32 Å². The van der Waals surface area contributed by atoms with Crippen LogP contribution in [0.5, 0.6) is 0 Å². The van der Waals surface area contributed by atoms with Crippen LogP contribution in [-0.2, 0) is 14.8 Å². The molecule has 3 aromatic rings. The summed E-state index contributed by atoms with van der Waals surface area (Å²) in [7, 11) is -3.61. The van der Waals surface area contributed by atoms with Gasteiger partial charge in [-0.2, -0.15) is 4.31 Å². The van der Waals surface area contributed by atoms with E-state index >= 15 is 0 Å². The number of benzene rings is 2. The van der Waals surface area contributed by atoms with E-state index in [0.717, 1.165) is 5.56 Å². The number of piperidine rings is 1. The van der Waals surface area contributed by atoms with E-state index in [1.54, 1.807) is 29.6 Å². The van der Waals surface area contributed by atoms with Gasteiger partial charge >= 0.3 is 0 Å². The Kier molecular flexibility index (Phi) is 6.38. The van der Waals surface area contributed by atoms with Crippen LogP contribution >= 0.6 is 22.9 Å². The third-order valence-corrected chi connectivity index (χ3v) is 8.07. The van der Waals surface area contributed by atoms with E-state index in [1.165, 1.54) is 39.9 Å². The van der Waals surface area contributed by atoms with Gasteiger partial charge in [0.25, 0.3) is 0 Å². The minimum Gasteiger partial charge on any atom is -0.302 e. The van der Waals surface area contributed by atoms with E-state index in [2.05, 4.69) is 10.3 Å². The van der Waals surface area contributed by atoms with E-state index in [1.807, 2.05) is 0 Å². The fourth-order valence-electron chi connectivity index (χ4n) is 3.41. The second-order valence-corrected chi connectivity index (χ2v) is 10.4. The zero-order valence-electron chi connectivity index (χ0n) is 16.3. The summed E-state index contributed by atoms with van der Waals surface area (Å²) in [5.74, 6) is -0.796. The highest BCUT2D eigenvalue weighted by atomic mass is 35.5. The van der Waals surface area contributed by atoms with E-state index in [4.69, 9.17) is 11.6 Å². The van der Waals surface area contributed by atoms with Gasteiger partial charge < -0.3 is 5.32 Å². The number of hydrogen-bond donors (Lipinski definition) is 1. The van der Waals surface area contributed by atoms with Crippen LogP contribution in [0.2, 0.25) is 5.02 Å². The molecule has 1 aliphatic rings. The predicted octanol–water partition coefficient (Wildman–Crippen LogP) is 4.64. The molecule has 2 aromatic carbocycles. The molecule has 0 saturated carbocycles. The summed E-state index contributed by atoms with van der Waals surface area (Å²) >= 11 is 7.13. The lowest BCUT2D eigenvalue weighted by molar-refractivity contribution is -0.120. The van der Waals surface area contributed by atoms with Gasteiger partial charge in [-0.05, 0) is 61.4 Å². The Hall–Kier alpha value is -2.33. The summed E-state index contributed by atoms with van der Waals surface area (Å²) in [6, 6.07) is 12.0. The molecule has 4 rings (SSSR count). The van der Waals surface area contributed by atoms with Crippen molar-refractivity contribution < 1.29 is 17.6 Å². The van der Waals surface area contributed by atoms with E-state index in [9.17, 15) is 17.6 Å². The molecule has 1 saturated heterocycles. The monoisotopic (exact) mass is 479 g/mol. The first-order valence-corrected chi connectivity index (χ1v) is 12.3. The van der Waals surface area contributed by atoms with Gasteiger partial charge in [0.1, 0.15) is 5.82 Å². The number of rotatable bonds is 5. The predicted molar refractivity (Wildman–Crippen MR) is 119 cm³/mol. The molecular weight excluding hydrogens is 461 g/mol. The van der Waals surface area contributed by atoms with Gasteiger partial charge in [-0.25, -0.2) is 17.8 Å². The van der Waals surface area contributed by atoms with Gasteiger partial charge in [0.15, 0.2) is 5.13 Å². The average molecular weight is 480 g/mol. The van der Waals surface area contributed by atoms with Crippen LogP contribution in [0.1, 0.15) is 12.8 Å². The Morgan fingerprint density at radius 2 is 1.74 bits per heavy atom. The molecule has 0 radical (unpaired) electrons. The van der Waals surface area contributed by atoms with Crippen molar-refractivity contribution in [3.8, 4) is 11.3 Å². The lowest BCUT2D eigenvalue weighted by Crippen LogP contribution is -2.41. The number of nitrogens with one attached hydrogen (secondary N) is 1. The fraction of sp³-hybridized carbons (Fsp3) is 0.238. The highest BCUT2D eigenvalue weighted by Gasteiger charge is 2.32. The number of nitrogens with zero attached hydrogens (tertiary/aromatic N) is 2. The van der Waals surface area contributed by atoms with Gasteiger partial charge in [-0.3, -0.25) is 4.79 Å².